The third-order valence-electron chi connectivity index (χ3n) is 3.64. The number of hydrogen-bond donors (Lipinski definition) is 1. The number of carbonyl (C=O) groups is 1. The minimum atomic E-state index is 0.264. The SMILES string of the molecule is CCCC1CCN(C(=O)N2CCNCC2)C1. The van der Waals surface area contributed by atoms with Gasteiger partial charge < -0.3 is 15.1 Å². The number of piperazine rings is 1. The van der Waals surface area contributed by atoms with Gasteiger partial charge in [-0.3, -0.25) is 0 Å². The first-order chi connectivity index (χ1) is 7.81. The zero-order chi connectivity index (χ0) is 11.4. The van der Waals surface area contributed by atoms with Crippen LogP contribution in [0, 0.1) is 5.92 Å². The van der Waals surface area contributed by atoms with Gasteiger partial charge in [0.25, 0.3) is 0 Å². The Bertz CT molecular complexity index is 238. The van der Waals surface area contributed by atoms with Crippen molar-refractivity contribution < 1.29 is 4.79 Å². The molecule has 2 rings (SSSR count). The van der Waals surface area contributed by atoms with Crippen LogP contribution in [0.3, 0.4) is 0 Å². The second-order valence-electron chi connectivity index (χ2n) is 4.91. The molecule has 0 aromatic heterocycles. The molecule has 1 unspecified atom stereocenters. The average Bonchev–Trinajstić information content (AvgIpc) is 2.78. The normalized spacial score (nSPS) is 26.2. The molecule has 0 aromatic carbocycles. The largest absolute Gasteiger partial charge is 0.324 e. The molecule has 2 aliphatic heterocycles. The Morgan fingerprint density at radius 1 is 1.25 bits per heavy atom. The van der Waals surface area contributed by atoms with E-state index in [0.29, 0.717) is 0 Å². The maximum atomic E-state index is 12.2. The van der Waals surface area contributed by atoms with Crippen molar-refractivity contribution >= 4 is 6.03 Å². The first-order valence-corrected chi connectivity index (χ1v) is 6.56. The Balaban J connectivity index is 1.81. The van der Waals surface area contributed by atoms with Gasteiger partial charge in [0, 0.05) is 39.3 Å². The summed E-state index contributed by atoms with van der Waals surface area (Å²) < 4.78 is 0. The summed E-state index contributed by atoms with van der Waals surface area (Å²) >= 11 is 0. The van der Waals surface area contributed by atoms with Gasteiger partial charge in [-0.2, -0.15) is 0 Å². The van der Waals surface area contributed by atoms with E-state index in [1.807, 2.05) is 9.80 Å². The number of amides is 2. The third kappa shape index (κ3) is 2.67. The van der Waals surface area contributed by atoms with Crippen LogP contribution in [-0.4, -0.2) is 55.1 Å². The van der Waals surface area contributed by atoms with Crippen LogP contribution in [0.2, 0.25) is 0 Å². The number of nitrogens with one attached hydrogen (secondary N) is 1. The second-order valence-corrected chi connectivity index (χ2v) is 4.91. The molecule has 1 atom stereocenters. The standard InChI is InChI=1S/C12H23N3O/c1-2-3-11-4-7-15(10-11)12(16)14-8-5-13-6-9-14/h11,13H,2-10H2,1H3. The maximum Gasteiger partial charge on any atom is 0.320 e. The molecule has 4 nitrogen and oxygen atoms in total. The summed E-state index contributed by atoms with van der Waals surface area (Å²) in [6.45, 7) is 7.79. The molecular formula is C12H23N3O. The van der Waals surface area contributed by atoms with Gasteiger partial charge in [0.15, 0.2) is 0 Å². The lowest BCUT2D eigenvalue weighted by Gasteiger charge is -2.31. The van der Waals surface area contributed by atoms with E-state index in [9.17, 15) is 4.79 Å². The van der Waals surface area contributed by atoms with Crippen molar-refractivity contribution in [1.29, 1.82) is 0 Å². The van der Waals surface area contributed by atoms with Crippen molar-refractivity contribution in [2.75, 3.05) is 39.3 Å². The first-order valence-electron chi connectivity index (χ1n) is 6.56. The van der Waals surface area contributed by atoms with E-state index in [2.05, 4.69) is 12.2 Å². The number of urea groups is 1. The highest BCUT2D eigenvalue weighted by Crippen LogP contribution is 2.21. The van der Waals surface area contributed by atoms with E-state index in [4.69, 9.17) is 0 Å². The highest BCUT2D eigenvalue weighted by Gasteiger charge is 2.29. The molecule has 2 saturated heterocycles. The quantitative estimate of drug-likeness (QED) is 0.765. The van der Waals surface area contributed by atoms with Gasteiger partial charge >= 0.3 is 6.03 Å². The Morgan fingerprint density at radius 2 is 2.00 bits per heavy atom. The van der Waals surface area contributed by atoms with Crippen molar-refractivity contribution in [1.82, 2.24) is 15.1 Å². The van der Waals surface area contributed by atoms with Gasteiger partial charge in [-0.1, -0.05) is 13.3 Å². The summed E-state index contributed by atoms with van der Waals surface area (Å²) in [6.07, 6.45) is 3.71. The third-order valence-corrected chi connectivity index (χ3v) is 3.64. The Morgan fingerprint density at radius 3 is 2.69 bits per heavy atom. The number of hydrogen-bond acceptors (Lipinski definition) is 2. The second kappa shape index (κ2) is 5.53. The van der Waals surface area contributed by atoms with Crippen LogP contribution in [0.1, 0.15) is 26.2 Å². The number of likely N-dealkylation sites (tertiary alicyclic amines) is 1. The van der Waals surface area contributed by atoms with Crippen molar-refractivity contribution in [3.05, 3.63) is 0 Å². The van der Waals surface area contributed by atoms with E-state index in [1.165, 1.54) is 19.3 Å². The Kier molecular flexibility index (Phi) is 4.04. The highest BCUT2D eigenvalue weighted by atomic mass is 16.2. The van der Waals surface area contributed by atoms with Crippen molar-refractivity contribution in [2.45, 2.75) is 26.2 Å². The van der Waals surface area contributed by atoms with Gasteiger partial charge in [0.1, 0.15) is 0 Å². The topological polar surface area (TPSA) is 35.6 Å². The Hall–Kier alpha value is -0.770. The van der Waals surface area contributed by atoms with E-state index in [-0.39, 0.29) is 6.03 Å². The van der Waals surface area contributed by atoms with Crippen molar-refractivity contribution in [3.63, 3.8) is 0 Å². The zero-order valence-corrected chi connectivity index (χ0v) is 10.2. The molecule has 2 fully saturated rings. The van der Waals surface area contributed by atoms with E-state index in [1.54, 1.807) is 0 Å². The number of carbonyl (C=O) groups excluding carboxylic acids is 1. The lowest BCUT2D eigenvalue weighted by molar-refractivity contribution is 0.154. The molecule has 16 heavy (non-hydrogen) atoms. The minimum absolute atomic E-state index is 0.264. The number of rotatable bonds is 2. The Labute approximate surface area is 98.0 Å². The summed E-state index contributed by atoms with van der Waals surface area (Å²) in [5, 5.41) is 3.28. The van der Waals surface area contributed by atoms with Gasteiger partial charge in [-0.25, -0.2) is 4.79 Å². The fourth-order valence-electron chi connectivity index (χ4n) is 2.71. The van der Waals surface area contributed by atoms with E-state index >= 15 is 0 Å². The molecule has 92 valence electrons. The van der Waals surface area contributed by atoms with Crippen molar-refractivity contribution in [3.8, 4) is 0 Å². The average molecular weight is 225 g/mol. The van der Waals surface area contributed by atoms with Gasteiger partial charge in [-0.15, -0.1) is 0 Å². The molecule has 2 heterocycles. The van der Waals surface area contributed by atoms with Crippen LogP contribution in [0.15, 0.2) is 0 Å². The summed E-state index contributed by atoms with van der Waals surface area (Å²) in [6, 6.07) is 0.264. The lowest BCUT2D eigenvalue weighted by atomic mass is 10.0. The highest BCUT2D eigenvalue weighted by molar-refractivity contribution is 5.74. The monoisotopic (exact) mass is 225 g/mol. The summed E-state index contributed by atoms with van der Waals surface area (Å²) in [5.41, 5.74) is 0. The maximum absolute atomic E-state index is 12.2. The van der Waals surface area contributed by atoms with Gasteiger partial charge in [0.2, 0.25) is 0 Å². The molecule has 2 amide bonds. The lowest BCUT2D eigenvalue weighted by Crippen LogP contribution is -2.51. The zero-order valence-electron chi connectivity index (χ0n) is 10.2. The van der Waals surface area contributed by atoms with Crippen LogP contribution < -0.4 is 5.32 Å². The molecule has 0 aromatic rings. The molecule has 0 saturated carbocycles. The van der Waals surface area contributed by atoms with E-state index in [0.717, 1.165) is 45.2 Å². The molecular weight excluding hydrogens is 202 g/mol. The molecule has 1 N–H and O–H groups in total. The molecule has 4 heteroatoms. The summed E-state index contributed by atoms with van der Waals surface area (Å²) in [7, 11) is 0. The van der Waals surface area contributed by atoms with Crippen LogP contribution in [0.4, 0.5) is 4.79 Å². The molecule has 0 spiro atoms. The fourth-order valence-corrected chi connectivity index (χ4v) is 2.71. The molecule has 0 bridgehead atoms. The van der Waals surface area contributed by atoms with Crippen LogP contribution >= 0.6 is 0 Å². The molecule has 0 radical (unpaired) electrons. The van der Waals surface area contributed by atoms with E-state index < -0.39 is 0 Å². The summed E-state index contributed by atoms with van der Waals surface area (Å²) in [5.74, 6) is 0.747. The van der Waals surface area contributed by atoms with Crippen LogP contribution in [0.25, 0.3) is 0 Å². The number of nitrogens with zero attached hydrogens (tertiary/aromatic N) is 2. The van der Waals surface area contributed by atoms with Gasteiger partial charge in [0.05, 0.1) is 0 Å². The molecule has 2 aliphatic rings. The smallest absolute Gasteiger partial charge is 0.320 e. The predicted molar refractivity (Wildman–Crippen MR) is 64.4 cm³/mol. The van der Waals surface area contributed by atoms with Crippen molar-refractivity contribution in [2.24, 2.45) is 5.92 Å². The fraction of sp³-hybridized carbons (Fsp3) is 0.917. The van der Waals surface area contributed by atoms with Crippen LogP contribution in [0.5, 0.6) is 0 Å². The summed E-state index contributed by atoms with van der Waals surface area (Å²) in [4.78, 5) is 16.2. The first kappa shape index (κ1) is 11.7. The van der Waals surface area contributed by atoms with Gasteiger partial charge in [-0.05, 0) is 18.8 Å². The molecule has 0 aliphatic carbocycles. The minimum Gasteiger partial charge on any atom is -0.324 e. The van der Waals surface area contributed by atoms with Crippen LogP contribution in [-0.2, 0) is 0 Å². The predicted octanol–water partition coefficient (Wildman–Crippen LogP) is 1.13.